The van der Waals surface area contributed by atoms with E-state index in [1.165, 1.54) is 23.4 Å². The molecular weight excluding hydrogens is 379 g/mol. The van der Waals surface area contributed by atoms with Crippen molar-refractivity contribution in [3.05, 3.63) is 59.4 Å². The molecule has 4 nitrogen and oxygen atoms in total. The minimum absolute atomic E-state index is 0.0881. The Hall–Kier alpha value is -2.57. The number of pyridine rings is 1. The van der Waals surface area contributed by atoms with Crippen molar-refractivity contribution in [1.29, 1.82) is 0 Å². The molecule has 1 amide bonds. The highest BCUT2D eigenvalue weighted by molar-refractivity contribution is 5.78. The fraction of sp³-hybridized carbons (Fsp3) is 0.455. The Morgan fingerprint density at radius 1 is 1.28 bits per heavy atom. The lowest BCUT2D eigenvalue weighted by atomic mass is 9.83. The van der Waals surface area contributed by atoms with Crippen LogP contribution < -0.4 is 5.32 Å². The molecule has 0 spiro atoms. The van der Waals surface area contributed by atoms with Crippen molar-refractivity contribution in [2.75, 3.05) is 11.9 Å². The van der Waals surface area contributed by atoms with Gasteiger partial charge in [0.05, 0.1) is 17.6 Å². The quantitative estimate of drug-likeness (QED) is 0.809. The Labute approximate surface area is 169 Å². The molecular formula is C22H24F3N3O. The summed E-state index contributed by atoms with van der Waals surface area (Å²) in [5.41, 5.74) is 2.80. The second-order valence-corrected chi connectivity index (χ2v) is 8.22. The molecule has 7 heteroatoms. The van der Waals surface area contributed by atoms with E-state index in [4.69, 9.17) is 1.37 Å². The molecule has 3 atom stereocenters. The monoisotopic (exact) mass is 404 g/mol. The Morgan fingerprint density at radius 3 is 2.62 bits per heavy atom. The third-order valence-corrected chi connectivity index (χ3v) is 6.01. The molecule has 1 aliphatic carbocycles. The summed E-state index contributed by atoms with van der Waals surface area (Å²) in [6, 6.07) is 9.09. The fourth-order valence-electron chi connectivity index (χ4n) is 4.39. The molecule has 1 aliphatic heterocycles. The number of rotatable bonds is 4. The van der Waals surface area contributed by atoms with Gasteiger partial charge in [-0.15, -0.1) is 0 Å². The molecule has 0 unspecified atom stereocenters. The van der Waals surface area contributed by atoms with Crippen LogP contribution in [-0.2, 0) is 16.6 Å². The van der Waals surface area contributed by atoms with E-state index in [1.807, 2.05) is 12.1 Å². The van der Waals surface area contributed by atoms with Crippen LogP contribution in [0.3, 0.4) is 0 Å². The normalized spacial score (nSPS) is 24.9. The van der Waals surface area contributed by atoms with E-state index < -0.39 is 24.5 Å². The van der Waals surface area contributed by atoms with Crippen molar-refractivity contribution >= 4 is 11.6 Å². The number of nitrogens with one attached hydrogen (secondary N) is 1. The number of hydrogen-bond acceptors (Lipinski definition) is 3. The van der Waals surface area contributed by atoms with Crippen LogP contribution in [-0.4, -0.2) is 34.6 Å². The fourth-order valence-corrected chi connectivity index (χ4v) is 4.39. The summed E-state index contributed by atoms with van der Waals surface area (Å²) in [4.78, 5) is 16.8. The van der Waals surface area contributed by atoms with Gasteiger partial charge < -0.3 is 10.2 Å². The zero-order valence-electron chi connectivity index (χ0n) is 17.3. The molecule has 154 valence electrons. The van der Waals surface area contributed by atoms with Crippen molar-refractivity contribution in [3.8, 4) is 0 Å². The molecule has 2 heterocycles. The van der Waals surface area contributed by atoms with E-state index in [9.17, 15) is 18.0 Å². The second-order valence-electron chi connectivity index (χ2n) is 8.22. The van der Waals surface area contributed by atoms with E-state index in [2.05, 4.69) is 36.3 Å². The molecule has 1 N–H and O–H groups in total. The van der Waals surface area contributed by atoms with Gasteiger partial charge in [-0.1, -0.05) is 38.1 Å². The van der Waals surface area contributed by atoms with E-state index in [0.29, 0.717) is 5.69 Å². The Morgan fingerprint density at radius 2 is 2.03 bits per heavy atom. The third-order valence-electron chi connectivity index (χ3n) is 6.01. The highest BCUT2D eigenvalue weighted by Crippen LogP contribution is 2.41. The lowest BCUT2D eigenvalue weighted by Crippen LogP contribution is -2.39. The Bertz CT molecular complexity index is 945. The lowest BCUT2D eigenvalue weighted by Gasteiger charge is -2.31. The van der Waals surface area contributed by atoms with Gasteiger partial charge in [0, 0.05) is 25.8 Å². The number of benzene rings is 1. The number of fused-ring (bicyclic) bond motifs is 1. The molecule has 1 aromatic heterocycles. The predicted molar refractivity (Wildman–Crippen MR) is 105 cm³/mol. The number of alkyl halides is 3. The van der Waals surface area contributed by atoms with Crippen LogP contribution in [0.1, 0.15) is 50.9 Å². The first-order valence-electron chi connectivity index (χ1n) is 10.3. The van der Waals surface area contributed by atoms with Gasteiger partial charge in [0.1, 0.15) is 0 Å². The van der Waals surface area contributed by atoms with E-state index in [-0.39, 0.29) is 30.1 Å². The summed E-state index contributed by atoms with van der Waals surface area (Å²) in [7, 11) is 0. The number of aromatic nitrogens is 1. The second kappa shape index (κ2) is 7.04. The van der Waals surface area contributed by atoms with Crippen LogP contribution in [0, 0.1) is 0 Å². The Balaban J connectivity index is 1.55. The van der Waals surface area contributed by atoms with Gasteiger partial charge >= 0.3 is 6.18 Å². The molecule has 2 aromatic rings. The highest BCUT2D eigenvalue weighted by atomic mass is 19.4. The number of likely N-dealkylation sites (tertiary alicyclic amines) is 1. The number of amides is 1. The van der Waals surface area contributed by atoms with Crippen LogP contribution >= 0.6 is 0 Å². The molecule has 2 aliphatic rings. The lowest BCUT2D eigenvalue weighted by molar-refractivity contribution is -0.189. The summed E-state index contributed by atoms with van der Waals surface area (Å²) < 4.78 is 48.8. The van der Waals surface area contributed by atoms with Gasteiger partial charge in [-0.2, -0.15) is 13.2 Å². The van der Waals surface area contributed by atoms with E-state index in [0.717, 1.165) is 11.3 Å². The minimum Gasteiger partial charge on any atom is -0.380 e. The van der Waals surface area contributed by atoms with Crippen LogP contribution in [0.5, 0.6) is 0 Å². The number of nitrogens with zero attached hydrogens (tertiary/aromatic N) is 2. The highest BCUT2D eigenvalue weighted by Gasteiger charge is 2.48. The molecule has 1 aromatic carbocycles. The summed E-state index contributed by atoms with van der Waals surface area (Å²) in [5.74, 6) is -0.799. The Kier molecular flexibility index (Phi) is 4.48. The standard InChI is InChI=1S/C22H24F3N3O/c1-21(2)16-7-4-3-6-14(16)12-18(21)27-15-9-10-17(26-13-15)20(22(23,24)25)28-11-5-8-19(28)29/h3-4,6-7,9-10,13,18,20,27H,5,8,11-12H2,1-2H3/t18-,20-/m0/s1/i8D/t8-,18-,20-. The maximum absolute atomic E-state index is 13.7. The molecule has 1 fully saturated rings. The summed E-state index contributed by atoms with van der Waals surface area (Å²) in [5, 5.41) is 3.41. The summed E-state index contributed by atoms with van der Waals surface area (Å²) in [6.07, 6.45) is -3.48. The van der Waals surface area contributed by atoms with Crippen LogP contribution in [0.15, 0.2) is 42.6 Å². The zero-order valence-corrected chi connectivity index (χ0v) is 16.3. The van der Waals surface area contributed by atoms with Crippen LogP contribution in [0.2, 0.25) is 0 Å². The van der Waals surface area contributed by atoms with Gasteiger partial charge in [-0.25, -0.2) is 0 Å². The molecule has 4 rings (SSSR count). The average molecular weight is 404 g/mol. The minimum atomic E-state index is -4.66. The van der Waals surface area contributed by atoms with Crippen molar-refractivity contribution in [1.82, 2.24) is 9.88 Å². The number of halogens is 3. The predicted octanol–water partition coefficient (Wildman–Crippen LogP) is 4.62. The van der Waals surface area contributed by atoms with Crippen molar-refractivity contribution in [3.63, 3.8) is 0 Å². The average Bonchev–Trinajstić information content (AvgIpc) is 3.13. The van der Waals surface area contributed by atoms with E-state index >= 15 is 0 Å². The smallest absolute Gasteiger partial charge is 0.380 e. The van der Waals surface area contributed by atoms with Crippen LogP contribution in [0.25, 0.3) is 0 Å². The third kappa shape index (κ3) is 3.58. The maximum Gasteiger partial charge on any atom is 0.414 e. The van der Waals surface area contributed by atoms with Crippen LogP contribution in [0.4, 0.5) is 18.9 Å². The molecule has 29 heavy (non-hydrogen) atoms. The summed E-state index contributed by atoms with van der Waals surface area (Å²) >= 11 is 0. The van der Waals surface area contributed by atoms with Crippen molar-refractivity contribution in [2.45, 2.75) is 56.8 Å². The van der Waals surface area contributed by atoms with Gasteiger partial charge in [0.15, 0.2) is 6.04 Å². The zero-order chi connectivity index (χ0) is 21.7. The molecule has 0 radical (unpaired) electrons. The first-order valence-corrected chi connectivity index (χ1v) is 9.69. The SMILES string of the molecule is [2H][C@H]1CCN([C@@H](c2ccc(N[C@H]3Cc4ccccc4C3(C)C)cn2)C(F)(F)F)C1=O. The molecule has 0 saturated carbocycles. The van der Waals surface area contributed by atoms with Gasteiger partial charge in [-0.05, 0) is 36.1 Å². The molecule has 1 saturated heterocycles. The number of anilines is 1. The maximum atomic E-state index is 13.7. The largest absolute Gasteiger partial charge is 0.414 e. The van der Waals surface area contributed by atoms with E-state index in [1.54, 1.807) is 6.07 Å². The van der Waals surface area contributed by atoms with Crippen molar-refractivity contribution in [2.24, 2.45) is 0 Å². The number of carbonyl (C=O) groups excluding carboxylic acids is 1. The topological polar surface area (TPSA) is 45.2 Å². The van der Waals surface area contributed by atoms with Gasteiger partial charge in [-0.3, -0.25) is 9.78 Å². The van der Waals surface area contributed by atoms with Gasteiger partial charge in [0.2, 0.25) is 5.91 Å². The first-order chi connectivity index (χ1) is 14.1. The van der Waals surface area contributed by atoms with Crippen molar-refractivity contribution < 1.29 is 19.3 Å². The first kappa shape index (κ1) is 18.5. The number of hydrogen-bond donors (Lipinski definition) is 1. The molecule has 0 bridgehead atoms. The van der Waals surface area contributed by atoms with Gasteiger partial charge in [0.25, 0.3) is 0 Å². The summed E-state index contributed by atoms with van der Waals surface area (Å²) in [6.45, 7) is 4.20. The number of carbonyl (C=O) groups is 1.